The molecule has 106 valence electrons. The quantitative estimate of drug-likeness (QED) is 0.821. The first-order valence-electron chi connectivity index (χ1n) is 6.49. The Balaban J connectivity index is 1.74. The molecule has 0 atom stereocenters. The lowest BCUT2D eigenvalue weighted by Crippen LogP contribution is -2.36. The lowest BCUT2D eigenvalue weighted by molar-refractivity contribution is -0.149. The van der Waals surface area contributed by atoms with Gasteiger partial charge in [0.15, 0.2) is 0 Å². The highest BCUT2D eigenvalue weighted by Gasteiger charge is 2.56. The number of nitrogens with one attached hydrogen (secondary N) is 1. The highest BCUT2D eigenvalue weighted by molar-refractivity contribution is 9.10. The first kappa shape index (κ1) is 13.4. The van der Waals surface area contributed by atoms with E-state index < -0.39 is 17.3 Å². The maximum atomic E-state index is 12.0. The molecule has 1 aromatic rings. The topological polar surface area (TPSA) is 75.6 Å². The summed E-state index contributed by atoms with van der Waals surface area (Å²) in [7, 11) is 0. The molecule has 1 fully saturated rings. The summed E-state index contributed by atoms with van der Waals surface area (Å²) < 4.78 is 6.51. The van der Waals surface area contributed by atoms with Crippen molar-refractivity contribution in [2.45, 2.75) is 25.8 Å². The molecule has 5 nitrogen and oxygen atoms in total. The van der Waals surface area contributed by atoms with Crippen LogP contribution in [0.1, 0.15) is 24.0 Å². The van der Waals surface area contributed by atoms with Gasteiger partial charge in [0.1, 0.15) is 11.2 Å². The molecule has 1 heterocycles. The third kappa shape index (κ3) is 2.18. The Kier molecular flexibility index (Phi) is 3.20. The van der Waals surface area contributed by atoms with E-state index >= 15 is 0 Å². The number of rotatable bonds is 4. The summed E-state index contributed by atoms with van der Waals surface area (Å²) in [6, 6.07) is 3.90. The van der Waals surface area contributed by atoms with Gasteiger partial charge >= 0.3 is 5.97 Å². The summed E-state index contributed by atoms with van der Waals surface area (Å²) in [5.41, 5.74) is 0.792. The predicted molar refractivity (Wildman–Crippen MR) is 74.5 cm³/mol. The average molecular weight is 340 g/mol. The Morgan fingerprint density at radius 1 is 1.40 bits per heavy atom. The van der Waals surface area contributed by atoms with E-state index in [9.17, 15) is 9.59 Å². The molecule has 0 radical (unpaired) electrons. The molecule has 1 aliphatic carbocycles. The number of ether oxygens (including phenoxy) is 1. The van der Waals surface area contributed by atoms with Crippen LogP contribution >= 0.6 is 15.9 Å². The molecule has 2 aliphatic rings. The Morgan fingerprint density at radius 3 is 2.80 bits per heavy atom. The van der Waals surface area contributed by atoms with Gasteiger partial charge in [-0.15, -0.1) is 0 Å². The van der Waals surface area contributed by atoms with Crippen LogP contribution < -0.4 is 10.1 Å². The Labute approximate surface area is 124 Å². The summed E-state index contributed by atoms with van der Waals surface area (Å²) >= 11 is 3.44. The lowest BCUT2D eigenvalue weighted by atomic mass is 10.1. The van der Waals surface area contributed by atoms with Crippen LogP contribution in [0.3, 0.4) is 0 Å². The number of carbonyl (C=O) groups is 2. The van der Waals surface area contributed by atoms with Crippen molar-refractivity contribution in [2.75, 3.05) is 6.61 Å². The van der Waals surface area contributed by atoms with Gasteiger partial charge in [-0.25, -0.2) is 0 Å². The molecule has 6 heteroatoms. The van der Waals surface area contributed by atoms with Crippen molar-refractivity contribution in [1.82, 2.24) is 5.32 Å². The molecule has 0 spiro atoms. The van der Waals surface area contributed by atoms with Crippen molar-refractivity contribution in [3.8, 4) is 5.75 Å². The molecular formula is C14H14BrNO4. The number of fused-ring (bicyclic) bond motifs is 1. The predicted octanol–water partition coefficient (Wildman–Crippen LogP) is 1.86. The third-order valence-electron chi connectivity index (χ3n) is 3.86. The Bertz CT molecular complexity index is 595. The largest absolute Gasteiger partial charge is 0.493 e. The fourth-order valence-electron chi connectivity index (χ4n) is 2.49. The number of carboxylic acids is 1. The number of amides is 1. The SMILES string of the molecule is O=C(O)C1(C(=O)NCc2cc(Br)cc3c2OCC3)CC1. The smallest absolute Gasteiger partial charge is 0.319 e. The molecular weight excluding hydrogens is 326 g/mol. The molecule has 20 heavy (non-hydrogen) atoms. The van der Waals surface area contributed by atoms with E-state index in [1.54, 1.807) is 0 Å². The minimum absolute atomic E-state index is 0.287. The second-order valence-electron chi connectivity index (χ2n) is 5.22. The van der Waals surface area contributed by atoms with E-state index in [4.69, 9.17) is 9.84 Å². The molecule has 1 aromatic carbocycles. The highest BCUT2D eigenvalue weighted by atomic mass is 79.9. The normalized spacial score (nSPS) is 18.1. The Morgan fingerprint density at radius 2 is 2.15 bits per heavy atom. The molecule has 1 saturated carbocycles. The summed E-state index contributed by atoms with van der Waals surface area (Å²) in [5, 5.41) is 11.8. The monoisotopic (exact) mass is 339 g/mol. The maximum absolute atomic E-state index is 12.0. The molecule has 0 unspecified atom stereocenters. The van der Waals surface area contributed by atoms with Gasteiger partial charge in [0.25, 0.3) is 0 Å². The Hall–Kier alpha value is -1.56. The molecule has 1 amide bonds. The van der Waals surface area contributed by atoms with E-state index in [0.717, 1.165) is 27.8 Å². The zero-order chi connectivity index (χ0) is 14.3. The highest BCUT2D eigenvalue weighted by Crippen LogP contribution is 2.46. The molecule has 2 N–H and O–H groups in total. The van der Waals surface area contributed by atoms with Crippen LogP contribution in [0.5, 0.6) is 5.75 Å². The van der Waals surface area contributed by atoms with Crippen molar-refractivity contribution in [3.05, 3.63) is 27.7 Å². The number of aliphatic carboxylic acids is 1. The average Bonchev–Trinajstić information content (AvgIpc) is 3.09. The van der Waals surface area contributed by atoms with Crippen molar-refractivity contribution < 1.29 is 19.4 Å². The van der Waals surface area contributed by atoms with Crippen molar-refractivity contribution in [2.24, 2.45) is 5.41 Å². The van der Waals surface area contributed by atoms with Crippen LogP contribution in [0.2, 0.25) is 0 Å². The van der Waals surface area contributed by atoms with E-state index in [-0.39, 0.29) is 6.54 Å². The zero-order valence-electron chi connectivity index (χ0n) is 10.7. The molecule has 0 saturated heterocycles. The minimum atomic E-state index is -1.20. The van der Waals surface area contributed by atoms with E-state index in [0.29, 0.717) is 19.4 Å². The maximum Gasteiger partial charge on any atom is 0.319 e. The van der Waals surface area contributed by atoms with Gasteiger partial charge < -0.3 is 15.2 Å². The molecule has 0 aromatic heterocycles. The van der Waals surface area contributed by atoms with Crippen LogP contribution in [-0.4, -0.2) is 23.6 Å². The van der Waals surface area contributed by atoms with Crippen LogP contribution in [0.15, 0.2) is 16.6 Å². The van der Waals surface area contributed by atoms with Gasteiger partial charge in [-0.1, -0.05) is 15.9 Å². The number of hydrogen-bond acceptors (Lipinski definition) is 3. The second-order valence-corrected chi connectivity index (χ2v) is 6.14. The van der Waals surface area contributed by atoms with Gasteiger partial charge in [-0.05, 0) is 30.5 Å². The number of hydrogen-bond donors (Lipinski definition) is 2. The second kappa shape index (κ2) is 4.77. The fourth-order valence-corrected chi connectivity index (χ4v) is 3.04. The van der Waals surface area contributed by atoms with Crippen LogP contribution in [0, 0.1) is 5.41 Å². The summed E-state index contributed by atoms with van der Waals surface area (Å²) in [5.74, 6) is -0.629. The van der Waals surface area contributed by atoms with Gasteiger partial charge in [0, 0.05) is 23.0 Å². The van der Waals surface area contributed by atoms with Gasteiger partial charge in [-0.3, -0.25) is 9.59 Å². The number of carboxylic acid groups (broad SMARTS) is 1. The van der Waals surface area contributed by atoms with Crippen molar-refractivity contribution in [3.63, 3.8) is 0 Å². The number of benzene rings is 1. The van der Waals surface area contributed by atoms with Crippen molar-refractivity contribution in [1.29, 1.82) is 0 Å². The first-order valence-corrected chi connectivity index (χ1v) is 7.28. The number of carbonyl (C=O) groups excluding carboxylic acids is 1. The minimum Gasteiger partial charge on any atom is -0.493 e. The van der Waals surface area contributed by atoms with Gasteiger partial charge in [0.05, 0.1) is 6.61 Å². The summed E-state index contributed by atoms with van der Waals surface area (Å²) in [6.45, 7) is 0.932. The summed E-state index contributed by atoms with van der Waals surface area (Å²) in [6.07, 6.45) is 1.69. The molecule has 0 bridgehead atoms. The number of halogens is 1. The molecule has 1 aliphatic heterocycles. The van der Waals surface area contributed by atoms with Crippen LogP contribution in [-0.2, 0) is 22.6 Å². The van der Waals surface area contributed by atoms with E-state index in [2.05, 4.69) is 21.2 Å². The van der Waals surface area contributed by atoms with E-state index in [1.807, 2.05) is 12.1 Å². The van der Waals surface area contributed by atoms with Crippen molar-refractivity contribution >= 4 is 27.8 Å². The first-order chi connectivity index (χ1) is 9.53. The lowest BCUT2D eigenvalue weighted by Gasteiger charge is -2.13. The summed E-state index contributed by atoms with van der Waals surface area (Å²) in [4.78, 5) is 23.1. The van der Waals surface area contributed by atoms with Gasteiger partial charge in [-0.2, -0.15) is 0 Å². The third-order valence-corrected chi connectivity index (χ3v) is 4.32. The van der Waals surface area contributed by atoms with E-state index in [1.165, 1.54) is 0 Å². The van der Waals surface area contributed by atoms with Gasteiger partial charge in [0.2, 0.25) is 5.91 Å². The van der Waals surface area contributed by atoms with Crippen LogP contribution in [0.4, 0.5) is 0 Å². The fraction of sp³-hybridized carbons (Fsp3) is 0.429. The molecule has 3 rings (SSSR count). The van der Waals surface area contributed by atoms with Crippen LogP contribution in [0.25, 0.3) is 0 Å². The zero-order valence-corrected chi connectivity index (χ0v) is 12.3. The standard InChI is InChI=1S/C14H14BrNO4/c15-10-5-8-1-4-20-11(8)9(6-10)7-16-12(17)14(2-3-14)13(18)19/h5-6H,1-4,7H2,(H,16,17)(H,18,19).